The van der Waals surface area contributed by atoms with Gasteiger partial charge in [0.2, 0.25) is 0 Å². The summed E-state index contributed by atoms with van der Waals surface area (Å²) in [5, 5.41) is 8.65. The predicted octanol–water partition coefficient (Wildman–Crippen LogP) is -0.156. The predicted molar refractivity (Wildman–Crippen MR) is 53.1 cm³/mol. The van der Waals surface area contributed by atoms with Gasteiger partial charge in [-0.2, -0.15) is 0 Å². The van der Waals surface area contributed by atoms with Gasteiger partial charge < -0.3 is 6.53 Å². The molecular weight excluding hydrogens is 187 g/mol. The monoisotopic (exact) mass is 202 g/mol. The Labute approximate surface area is 108 Å². The van der Waals surface area contributed by atoms with E-state index in [0.717, 1.165) is 12.8 Å². The van der Waals surface area contributed by atoms with E-state index in [0.29, 0.717) is 5.56 Å². The molecule has 1 aromatic carbocycles. The maximum Gasteiger partial charge on any atom is 1.00 e. The van der Waals surface area contributed by atoms with Crippen molar-refractivity contribution in [1.29, 1.82) is 0 Å². The molecule has 3 heteroatoms. The van der Waals surface area contributed by atoms with Gasteiger partial charge in [0.05, 0.1) is 5.56 Å². The fourth-order valence-electron chi connectivity index (χ4n) is 1.19. The Morgan fingerprint density at radius 2 is 1.93 bits per heavy atom. The number of aromatic carboxylic acids is 1. The van der Waals surface area contributed by atoms with Crippen LogP contribution in [-0.4, -0.2) is 11.1 Å². The summed E-state index contributed by atoms with van der Waals surface area (Å²) in [6.07, 6.45) is 3.36. The zero-order valence-electron chi connectivity index (χ0n) is 9.79. The minimum Gasteiger partial charge on any atom is -1.00 e. The van der Waals surface area contributed by atoms with Gasteiger partial charge in [-0.1, -0.05) is 25.5 Å². The van der Waals surface area contributed by atoms with E-state index in [9.17, 15) is 4.79 Å². The second-order valence-electron chi connectivity index (χ2n) is 3.11. The molecule has 14 heavy (non-hydrogen) atoms. The van der Waals surface area contributed by atoms with Crippen LogP contribution in [0.1, 0.15) is 37.1 Å². The Kier molecular flexibility index (Phi) is 6.89. The van der Waals surface area contributed by atoms with E-state index >= 15 is 0 Å². The number of carboxylic acids is 1. The van der Waals surface area contributed by atoms with Gasteiger partial charge in [-0.3, -0.25) is 0 Å². The first kappa shape index (κ1) is 13.7. The molecular formula is C11H15NaO2. The van der Waals surface area contributed by atoms with Crippen LogP contribution in [-0.2, 0) is 6.42 Å². The van der Waals surface area contributed by atoms with Crippen LogP contribution in [0.4, 0.5) is 0 Å². The molecule has 0 aliphatic carbocycles. The Morgan fingerprint density at radius 3 is 2.36 bits per heavy atom. The number of carboxylic acid groups (broad SMARTS) is 1. The van der Waals surface area contributed by atoms with E-state index in [1.807, 2.05) is 12.1 Å². The normalized spacial score (nSPS) is 9.21. The summed E-state index contributed by atoms with van der Waals surface area (Å²) in [4.78, 5) is 10.5. The minimum atomic E-state index is -0.859. The Hall–Kier alpha value is -0.310. The molecule has 0 spiro atoms. The maximum atomic E-state index is 10.5. The van der Waals surface area contributed by atoms with E-state index in [1.54, 1.807) is 12.1 Å². The number of unbranched alkanes of at least 4 members (excludes halogenated alkanes) is 1. The number of hydrogen-bond donors (Lipinski definition) is 1. The zero-order chi connectivity index (χ0) is 9.68. The van der Waals surface area contributed by atoms with Gasteiger partial charge in [0.25, 0.3) is 0 Å². The molecule has 72 valence electrons. The van der Waals surface area contributed by atoms with Crippen molar-refractivity contribution in [2.45, 2.75) is 26.2 Å². The molecule has 0 amide bonds. The molecule has 0 bridgehead atoms. The molecule has 1 rings (SSSR count). The smallest absolute Gasteiger partial charge is 1.00 e. The van der Waals surface area contributed by atoms with Gasteiger partial charge in [-0.15, -0.1) is 0 Å². The Bertz CT molecular complexity index is 285. The van der Waals surface area contributed by atoms with Crippen LogP contribution in [0.3, 0.4) is 0 Å². The Balaban J connectivity index is 0. The average Bonchev–Trinajstić information content (AvgIpc) is 2.15. The second kappa shape index (κ2) is 7.04. The van der Waals surface area contributed by atoms with Crippen LogP contribution in [0.15, 0.2) is 24.3 Å². The SMILES string of the molecule is CCCCc1ccc(C(=O)O)cc1.[H-].[Na+]. The van der Waals surface area contributed by atoms with E-state index in [1.165, 1.54) is 12.0 Å². The quantitative estimate of drug-likeness (QED) is 0.689. The summed E-state index contributed by atoms with van der Waals surface area (Å²) in [5.74, 6) is -0.859. The van der Waals surface area contributed by atoms with Crippen LogP contribution >= 0.6 is 0 Å². The molecule has 0 atom stereocenters. The van der Waals surface area contributed by atoms with Gasteiger partial charge in [0.1, 0.15) is 0 Å². The van der Waals surface area contributed by atoms with Gasteiger partial charge >= 0.3 is 35.5 Å². The van der Waals surface area contributed by atoms with Crippen molar-refractivity contribution in [3.05, 3.63) is 35.4 Å². The first-order chi connectivity index (χ1) is 6.24. The molecule has 0 radical (unpaired) electrons. The van der Waals surface area contributed by atoms with Crippen molar-refractivity contribution in [3.63, 3.8) is 0 Å². The van der Waals surface area contributed by atoms with Crippen LogP contribution in [0.2, 0.25) is 0 Å². The molecule has 0 saturated carbocycles. The summed E-state index contributed by atoms with van der Waals surface area (Å²) in [6, 6.07) is 7.10. The first-order valence-corrected chi connectivity index (χ1v) is 4.56. The van der Waals surface area contributed by atoms with Crippen molar-refractivity contribution in [2.75, 3.05) is 0 Å². The minimum absolute atomic E-state index is 0. The summed E-state index contributed by atoms with van der Waals surface area (Å²) in [7, 11) is 0. The largest absolute Gasteiger partial charge is 1.00 e. The third-order valence-electron chi connectivity index (χ3n) is 2.02. The number of aryl methyl sites for hydroxylation is 1. The molecule has 0 aromatic heterocycles. The standard InChI is InChI=1S/C11H14O2.Na.H/c1-2-3-4-9-5-7-10(8-6-9)11(12)13;;/h5-8H,2-4H2,1H3,(H,12,13);;/q;+1;-1. The second-order valence-corrected chi connectivity index (χ2v) is 3.11. The molecule has 2 nitrogen and oxygen atoms in total. The molecule has 0 fully saturated rings. The summed E-state index contributed by atoms with van der Waals surface area (Å²) >= 11 is 0. The van der Waals surface area contributed by atoms with Crippen molar-refractivity contribution in [2.24, 2.45) is 0 Å². The van der Waals surface area contributed by atoms with Crippen LogP contribution in [0, 0.1) is 0 Å². The molecule has 0 heterocycles. The fourth-order valence-corrected chi connectivity index (χ4v) is 1.19. The van der Waals surface area contributed by atoms with Crippen LogP contribution in [0.25, 0.3) is 0 Å². The zero-order valence-corrected chi connectivity index (χ0v) is 10.8. The average molecular weight is 202 g/mol. The molecule has 1 aromatic rings. The molecule has 0 unspecified atom stereocenters. The molecule has 0 aliphatic rings. The third kappa shape index (κ3) is 4.27. The van der Waals surface area contributed by atoms with Gasteiger partial charge in [-0.05, 0) is 30.5 Å². The van der Waals surface area contributed by atoms with E-state index < -0.39 is 5.97 Å². The number of benzene rings is 1. The topological polar surface area (TPSA) is 37.3 Å². The number of hydrogen-bond acceptors (Lipinski definition) is 1. The number of rotatable bonds is 4. The number of carbonyl (C=O) groups is 1. The van der Waals surface area contributed by atoms with E-state index in [2.05, 4.69) is 6.92 Å². The third-order valence-corrected chi connectivity index (χ3v) is 2.02. The molecule has 0 aliphatic heterocycles. The fraction of sp³-hybridized carbons (Fsp3) is 0.364. The first-order valence-electron chi connectivity index (χ1n) is 4.56. The summed E-state index contributed by atoms with van der Waals surface area (Å²) in [6.45, 7) is 2.14. The van der Waals surface area contributed by atoms with Crippen molar-refractivity contribution in [3.8, 4) is 0 Å². The Morgan fingerprint density at radius 1 is 1.36 bits per heavy atom. The van der Waals surface area contributed by atoms with Crippen molar-refractivity contribution >= 4 is 5.97 Å². The van der Waals surface area contributed by atoms with Crippen molar-refractivity contribution in [1.82, 2.24) is 0 Å². The van der Waals surface area contributed by atoms with E-state index in [-0.39, 0.29) is 31.0 Å². The van der Waals surface area contributed by atoms with Crippen LogP contribution < -0.4 is 29.6 Å². The van der Waals surface area contributed by atoms with Gasteiger partial charge in [0, 0.05) is 0 Å². The summed E-state index contributed by atoms with van der Waals surface area (Å²) < 4.78 is 0. The van der Waals surface area contributed by atoms with E-state index in [4.69, 9.17) is 5.11 Å². The van der Waals surface area contributed by atoms with Gasteiger partial charge in [-0.25, -0.2) is 4.79 Å². The maximum absolute atomic E-state index is 10.5. The van der Waals surface area contributed by atoms with Crippen LogP contribution in [0.5, 0.6) is 0 Å². The summed E-state index contributed by atoms with van der Waals surface area (Å²) in [5.41, 5.74) is 1.58. The molecule has 0 saturated heterocycles. The molecule has 1 N–H and O–H groups in total. The van der Waals surface area contributed by atoms with Crippen molar-refractivity contribution < 1.29 is 40.9 Å². The van der Waals surface area contributed by atoms with Gasteiger partial charge in [0.15, 0.2) is 0 Å².